The van der Waals surface area contributed by atoms with Crippen molar-refractivity contribution >= 4 is 23.3 Å². The first kappa shape index (κ1) is 29.1. The second-order valence-electron chi connectivity index (χ2n) is 8.88. The van der Waals surface area contributed by atoms with Crippen molar-refractivity contribution in [1.29, 1.82) is 0 Å². The van der Waals surface area contributed by atoms with Crippen LogP contribution in [0, 0.1) is 5.82 Å². The minimum atomic E-state index is -4.72. The molecule has 15 heteroatoms. The quantitative estimate of drug-likeness (QED) is 0.370. The lowest BCUT2D eigenvalue weighted by atomic mass is 10.1. The minimum absolute atomic E-state index is 0.0228. The Morgan fingerprint density at radius 1 is 1.25 bits per heavy atom. The van der Waals surface area contributed by atoms with Crippen LogP contribution in [0.3, 0.4) is 0 Å². The van der Waals surface area contributed by atoms with E-state index in [-0.39, 0.29) is 48.7 Å². The molecule has 1 fully saturated rings. The molecule has 2 atom stereocenters. The maximum absolute atomic E-state index is 15.7. The monoisotopic (exact) mass is 583 g/mol. The molecule has 40 heavy (non-hydrogen) atoms. The fourth-order valence-electron chi connectivity index (χ4n) is 3.85. The van der Waals surface area contributed by atoms with Gasteiger partial charge in [-0.05, 0) is 25.5 Å². The number of thiazole rings is 1. The maximum atomic E-state index is 15.7. The molecule has 1 aliphatic rings. The van der Waals surface area contributed by atoms with Crippen molar-refractivity contribution in [2.24, 2.45) is 0 Å². The number of aryl methyl sites for hydroxylation is 1. The Morgan fingerprint density at radius 2 is 1.98 bits per heavy atom. The number of morpholine rings is 1. The van der Waals surface area contributed by atoms with Gasteiger partial charge >= 0.3 is 12.3 Å². The topological polar surface area (TPSA) is 127 Å². The van der Waals surface area contributed by atoms with E-state index in [9.17, 15) is 27.9 Å². The van der Waals surface area contributed by atoms with Crippen LogP contribution in [-0.2, 0) is 17.3 Å². The lowest BCUT2D eigenvalue weighted by Crippen LogP contribution is -2.47. The molecular formula is C25H25F4N5O5S. The number of amides is 2. The van der Waals surface area contributed by atoms with Crippen LogP contribution in [0.4, 0.5) is 22.4 Å². The second-order valence-corrected chi connectivity index (χ2v) is 10.00. The van der Waals surface area contributed by atoms with E-state index in [1.165, 1.54) is 35.3 Å². The molecule has 1 aromatic carbocycles. The lowest BCUT2D eigenvalue weighted by Gasteiger charge is -2.30. The number of nitrogens with zero attached hydrogens (tertiary/aromatic N) is 4. The van der Waals surface area contributed by atoms with E-state index in [1.54, 1.807) is 6.20 Å². The van der Waals surface area contributed by atoms with Crippen molar-refractivity contribution < 1.29 is 41.7 Å². The van der Waals surface area contributed by atoms with Crippen molar-refractivity contribution in [2.45, 2.75) is 38.6 Å². The van der Waals surface area contributed by atoms with Gasteiger partial charge in [0.15, 0.2) is 0 Å². The number of carbonyl (C=O) groups excluding carboxylic acids is 1. The highest BCUT2D eigenvalue weighted by atomic mass is 32.1. The number of carboxylic acid groups (broad SMARTS) is 1. The molecule has 0 saturated carbocycles. The molecule has 0 unspecified atom stereocenters. The summed E-state index contributed by atoms with van der Waals surface area (Å²) in [5.74, 6) is -2.91. The number of ether oxygens (including phenoxy) is 2. The molecule has 1 saturated heterocycles. The fourth-order valence-corrected chi connectivity index (χ4v) is 4.71. The molecule has 4 rings (SSSR count). The van der Waals surface area contributed by atoms with Gasteiger partial charge in [-0.15, -0.1) is 11.3 Å². The predicted octanol–water partition coefficient (Wildman–Crippen LogP) is 4.57. The van der Waals surface area contributed by atoms with Crippen LogP contribution in [0.15, 0.2) is 30.7 Å². The number of hydrogen-bond acceptors (Lipinski definition) is 8. The predicted molar refractivity (Wildman–Crippen MR) is 135 cm³/mol. The summed E-state index contributed by atoms with van der Waals surface area (Å²) in [6.45, 7) is 3.84. The number of aromatic nitrogens is 3. The van der Waals surface area contributed by atoms with Gasteiger partial charge in [0.1, 0.15) is 29.3 Å². The van der Waals surface area contributed by atoms with E-state index in [0.29, 0.717) is 11.4 Å². The Bertz CT molecular complexity index is 1370. The zero-order valence-corrected chi connectivity index (χ0v) is 22.2. The van der Waals surface area contributed by atoms with Gasteiger partial charge in [0.2, 0.25) is 5.82 Å². The van der Waals surface area contributed by atoms with Crippen molar-refractivity contribution in [1.82, 2.24) is 25.2 Å². The van der Waals surface area contributed by atoms with E-state index < -0.39 is 42.0 Å². The molecule has 2 amide bonds. The Hall–Kier alpha value is -3.85. The first-order valence-corrected chi connectivity index (χ1v) is 13.0. The summed E-state index contributed by atoms with van der Waals surface area (Å²) >= 11 is 1.25. The number of nitrogens with one attached hydrogen (secondary N) is 1. The van der Waals surface area contributed by atoms with Gasteiger partial charge in [-0.1, -0.05) is 6.92 Å². The van der Waals surface area contributed by atoms with Crippen LogP contribution in [0.25, 0.3) is 10.6 Å². The van der Waals surface area contributed by atoms with Crippen LogP contribution in [0.5, 0.6) is 5.75 Å². The van der Waals surface area contributed by atoms with E-state index >= 15 is 4.39 Å². The third kappa shape index (κ3) is 6.83. The van der Waals surface area contributed by atoms with Crippen molar-refractivity contribution in [3.8, 4) is 16.3 Å². The van der Waals surface area contributed by atoms with Crippen LogP contribution in [-0.4, -0.2) is 69.4 Å². The van der Waals surface area contributed by atoms with Crippen LogP contribution in [0.1, 0.15) is 46.5 Å². The third-order valence-corrected chi connectivity index (χ3v) is 7.22. The molecule has 1 aliphatic heterocycles. The third-order valence-electron chi connectivity index (χ3n) is 6.04. The average molecular weight is 584 g/mol. The van der Waals surface area contributed by atoms with E-state index in [4.69, 9.17) is 9.47 Å². The number of rotatable bonds is 8. The van der Waals surface area contributed by atoms with Gasteiger partial charge in [0.25, 0.3) is 5.91 Å². The van der Waals surface area contributed by atoms with E-state index in [1.807, 2.05) is 6.92 Å². The molecular weight excluding hydrogens is 558 g/mol. The van der Waals surface area contributed by atoms with Crippen LogP contribution >= 0.6 is 11.3 Å². The molecule has 3 aromatic rings. The number of alkyl halides is 3. The number of halogens is 4. The Morgan fingerprint density at radius 3 is 2.60 bits per heavy atom. The van der Waals surface area contributed by atoms with Gasteiger partial charge in [-0.2, -0.15) is 13.2 Å². The second kappa shape index (κ2) is 12.1. The fraction of sp³-hybridized carbons (Fsp3) is 0.400. The standard InChI is InChI=1S/C25H25F4N5O5S/c1-3-17-10-30-22(40-17)19-7-15(39-12-16-11-34(24(36)37)4-5-38-16)6-18(20(19)26)21(35)33-13(2)14-8-31-23(32-9-14)25(27,28)29/h6-10,13,16H,3-5,11-12H2,1-2H3,(H,33,35)(H,36,37)/t13-,16-/m1/s1. The summed E-state index contributed by atoms with van der Waals surface area (Å²) in [7, 11) is 0. The molecule has 214 valence electrons. The molecule has 3 heterocycles. The first-order valence-electron chi connectivity index (χ1n) is 12.2. The summed E-state index contributed by atoms with van der Waals surface area (Å²) in [4.78, 5) is 37.4. The number of benzene rings is 1. The van der Waals surface area contributed by atoms with Crippen molar-refractivity contribution in [3.63, 3.8) is 0 Å². The highest BCUT2D eigenvalue weighted by molar-refractivity contribution is 7.15. The largest absolute Gasteiger partial charge is 0.491 e. The van der Waals surface area contributed by atoms with Gasteiger partial charge < -0.3 is 24.8 Å². The SMILES string of the molecule is CCc1cnc(-c2cc(OC[C@H]3CN(C(=O)O)CCO3)cc(C(=O)N[C@H](C)c3cnc(C(F)(F)F)nc3)c2F)s1. The summed E-state index contributed by atoms with van der Waals surface area (Å²) < 4.78 is 65.4. The minimum Gasteiger partial charge on any atom is -0.491 e. The van der Waals surface area contributed by atoms with Gasteiger partial charge in [0.05, 0.1) is 30.3 Å². The number of hydrogen-bond donors (Lipinski definition) is 2. The normalized spacial score (nSPS) is 16.4. The van der Waals surface area contributed by atoms with E-state index in [0.717, 1.165) is 17.3 Å². The van der Waals surface area contributed by atoms with Crippen LogP contribution < -0.4 is 10.1 Å². The van der Waals surface area contributed by atoms with Gasteiger partial charge in [0, 0.05) is 35.6 Å². The summed E-state index contributed by atoms with van der Waals surface area (Å²) in [6.07, 6.45) is -2.22. The molecule has 0 spiro atoms. The molecule has 0 bridgehead atoms. The molecule has 0 aliphatic carbocycles. The molecule has 0 radical (unpaired) electrons. The summed E-state index contributed by atoms with van der Waals surface area (Å²) in [6, 6.07) is 1.73. The highest BCUT2D eigenvalue weighted by Gasteiger charge is 2.34. The van der Waals surface area contributed by atoms with Gasteiger partial charge in [-0.25, -0.2) is 24.1 Å². The Kier molecular flexibility index (Phi) is 8.83. The average Bonchev–Trinajstić information content (AvgIpc) is 3.41. The van der Waals surface area contributed by atoms with E-state index in [2.05, 4.69) is 20.3 Å². The zero-order chi connectivity index (χ0) is 29.0. The molecule has 2 aromatic heterocycles. The summed E-state index contributed by atoms with van der Waals surface area (Å²) in [5, 5.41) is 12.1. The highest BCUT2D eigenvalue weighted by Crippen LogP contribution is 2.33. The maximum Gasteiger partial charge on any atom is 0.451 e. The smallest absolute Gasteiger partial charge is 0.451 e. The molecule has 10 nitrogen and oxygen atoms in total. The first-order chi connectivity index (χ1) is 19.0. The molecule has 2 N–H and O–H groups in total. The van der Waals surface area contributed by atoms with Crippen molar-refractivity contribution in [2.75, 3.05) is 26.3 Å². The lowest BCUT2D eigenvalue weighted by molar-refractivity contribution is -0.145. The van der Waals surface area contributed by atoms with Crippen LogP contribution in [0.2, 0.25) is 0 Å². The summed E-state index contributed by atoms with van der Waals surface area (Å²) in [5.41, 5.74) is -0.175. The van der Waals surface area contributed by atoms with Gasteiger partial charge in [-0.3, -0.25) is 4.79 Å². The zero-order valence-electron chi connectivity index (χ0n) is 21.4. The Balaban J connectivity index is 1.58. The van der Waals surface area contributed by atoms with Crippen molar-refractivity contribution in [3.05, 3.63) is 58.4 Å². The number of carbonyl (C=O) groups is 2. The Labute approximate surface area is 230 Å².